The van der Waals surface area contributed by atoms with Crippen LogP contribution in [0.4, 0.5) is 0 Å². The van der Waals surface area contributed by atoms with Gasteiger partial charge in [-0.25, -0.2) is 4.79 Å². The Labute approximate surface area is 171 Å². The lowest BCUT2D eigenvalue weighted by Gasteiger charge is -2.10. The Bertz CT molecular complexity index is 1050. The minimum absolute atomic E-state index is 0.0376. The van der Waals surface area contributed by atoms with E-state index in [-0.39, 0.29) is 19.0 Å². The molecule has 0 amide bonds. The number of benzene rings is 2. The Hall–Kier alpha value is -2.60. The lowest BCUT2D eigenvalue weighted by atomic mass is 10.0. The van der Waals surface area contributed by atoms with Gasteiger partial charge >= 0.3 is 11.6 Å². The predicted octanol–water partition coefficient (Wildman–Crippen LogP) is 5.07. The third-order valence-electron chi connectivity index (χ3n) is 4.50. The van der Waals surface area contributed by atoms with E-state index in [1.165, 1.54) is 6.07 Å². The van der Waals surface area contributed by atoms with E-state index in [0.717, 1.165) is 26.7 Å². The molecule has 3 aromatic rings. The molecule has 0 fully saturated rings. The molecule has 0 atom stereocenters. The van der Waals surface area contributed by atoms with E-state index in [1.807, 2.05) is 50.2 Å². The Balaban J connectivity index is 1.55. The lowest BCUT2D eigenvalue weighted by Crippen LogP contribution is -2.09. The first-order chi connectivity index (χ1) is 13.4. The van der Waals surface area contributed by atoms with Crippen molar-refractivity contribution >= 4 is 32.9 Å². The number of esters is 1. The van der Waals surface area contributed by atoms with Crippen molar-refractivity contribution in [1.82, 2.24) is 0 Å². The Kier molecular flexibility index (Phi) is 6.52. The van der Waals surface area contributed by atoms with Gasteiger partial charge in [-0.15, -0.1) is 0 Å². The maximum atomic E-state index is 12.0. The predicted molar refractivity (Wildman–Crippen MR) is 111 cm³/mol. The number of fused-ring (bicyclic) bond motifs is 1. The van der Waals surface area contributed by atoms with Crippen LogP contribution in [-0.4, -0.2) is 12.6 Å². The second-order valence-corrected chi connectivity index (χ2v) is 7.46. The van der Waals surface area contributed by atoms with Crippen LogP contribution in [0.2, 0.25) is 0 Å². The first-order valence-electron chi connectivity index (χ1n) is 9.01. The van der Waals surface area contributed by atoms with Gasteiger partial charge in [-0.1, -0.05) is 34.1 Å². The fourth-order valence-corrected chi connectivity index (χ4v) is 3.22. The van der Waals surface area contributed by atoms with Crippen LogP contribution in [0.3, 0.4) is 0 Å². The van der Waals surface area contributed by atoms with Gasteiger partial charge in [-0.2, -0.15) is 0 Å². The molecule has 0 aliphatic carbocycles. The van der Waals surface area contributed by atoms with Gasteiger partial charge in [0.1, 0.15) is 17.9 Å². The number of hydrogen-bond acceptors (Lipinski definition) is 5. The van der Waals surface area contributed by atoms with Crippen molar-refractivity contribution in [2.45, 2.75) is 33.3 Å². The normalized spacial score (nSPS) is 10.8. The molecule has 3 rings (SSSR count). The number of aryl methyl sites for hydroxylation is 2. The van der Waals surface area contributed by atoms with Crippen LogP contribution in [0, 0.1) is 13.8 Å². The van der Waals surface area contributed by atoms with Gasteiger partial charge in [0.2, 0.25) is 0 Å². The zero-order chi connectivity index (χ0) is 20.1. The molecular weight excluding hydrogens is 424 g/mol. The first kappa shape index (κ1) is 20.1. The summed E-state index contributed by atoms with van der Waals surface area (Å²) < 4.78 is 17.2. The van der Waals surface area contributed by atoms with Crippen molar-refractivity contribution in [1.29, 1.82) is 0 Å². The number of carbonyl (C=O) groups excluding carboxylic acids is 1. The third kappa shape index (κ3) is 5.01. The van der Waals surface area contributed by atoms with E-state index in [9.17, 15) is 9.59 Å². The van der Waals surface area contributed by atoms with Crippen molar-refractivity contribution in [3.8, 4) is 5.75 Å². The van der Waals surface area contributed by atoms with E-state index in [4.69, 9.17) is 13.9 Å². The average molecular weight is 445 g/mol. The molecule has 0 aliphatic heterocycles. The van der Waals surface area contributed by atoms with Crippen molar-refractivity contribution in [2.75, 3.05) is 6.61 Å². The molecule has 28 heavy (non-hydrogen) atoms. The summed E-state index contributed by atoms with van der Waals surface area (Å²) >= 11 is 3.38. The number of carbonyl (C=O) groups is 1. The van der Waals surface area contributed by atoms with Crippen LogP contribution in [0.25, 0.3) is 11.0 Å². The third-order valence-corrected chi connectivity index (χ3v) is 4.99. The summed E-state index contributed by atoms with van der Waals surface area (Å²) in [5.41, 5.74) is 2.69. The van der Waals surface area contributed by atoms with Crippen LogP contribution >= 0.6 is 15.9 Å². The first-order valence-corrected chi connectivity index (χ1v) is 9.80. The van der Waals surface area contributed by atoms with Gasteiger partial charge in [-0.3, -0.25) is 4.79 Å². The highest BCUT2D eigenvalue weighted by Crippen LogP contribution is 2.24. The van der Waals surface area contributed by atoms with E-state index < -0.39 is 5.63 Å². The van der Waals surface area contributed by atoms with E-state index in [2.05, 4.69) is 15.9 Å². The quantitative estimate of drug-likeness (QED) is 0.289. The van der Waals surface area contributed by atoms with Gasteiger partial charge in [0.25, 0.3) is 0 Å². The van der Waals surface area contributed by atoms with Gasteiger partial charge < -0.3 is 13.9 Å². The molecule has 2 aromatic carbocycles. The van der Waals surface area contributed by atoms with Crippen molar-refractivity contribution in [3.63, 3.8) is 0 Å². The van der Waals surface area contributed by atoms with Crippen molar-refractivity contribution < 1.29 is 18.7 Å². The molecule has 1 heterocycles. The maximum Gasteiger partial charge on any atom is 0.336 e. The van der Waals surface area contributed by atoms with Gasteiger partial charge in [0.05, 0.1) is 6.61 Å². The van der Waals surface area contributed by atoms with Crippen molar-refractivity contribution in [3.05, 3.63) is 74.0 Å². The summed E-state index contributed by atoms with van der Waals surface area (Å²) in [5.74, 6) is 0.416. The average Bonchev–Trinajstić information content (AvgIpc) is 2.66. The van der Waals surface area contributed by atoms with E-state index in [0.29, 0.717) is 24.2 Å². The molecule has 5 nitrogen and oxygen atoms in total. The van der Waals surface area contributed by atoms with Crippen LogP contribution in [-0.2, 0) is 16.1 Å². The SMILES string of the molecule is Cc1ccc2c(COC(=O)CCCOc3cccc(Br)c3)cc(=O)oc2c1C. The van der Waals surface area contributed by atoms with Gasteiger partial charge in [0, 0.05) is 27.9 Å². The molecule has 1 aromatic heterocycles. The molecule has 0 aliphatic rings. The molecular formula is C22H21BrO5. The van der Waals surface area contributed by atoms with Crippen LogP contribution in [0.1, 0.15) is 29.5 Å². The zero-order valence-electron chi connectivity index (χ0n) is 15.8. The molecule has 0 bridgehead atoms. The van der Waals surface area contributed by atoms with Crippen molar-refractivity contribution in [2.24, 2.45) is 0 Å². The van der Waals surface area contributed by atoms with E-state index in [1.54, 1.807) is 0 Å². The van der Waals surface area contributed by atoms with Crippen LogP contribution in [0.15, 0.2) is 56.1 Å². The second kappa shape index (κ2) is 9.06. The molecule has 0 saturated heterocycles. The van der Waals surface area contributed by atoms with Gasteiger partial charge in [-0.05, 0) is 49.6 Å². The molecule has 0 radical (unpaired) electrons. The fourth-order valence-electron chi connectivity index (χ4n) is 2.84. The van der Waals surface area contributed by atoms with E-state index >= 15 is 0 Å². The monoisotopic (exact) mass is 444 g/mol. The van der Waals surface area contributed by atoms with Crippen LogP contribution < -0.4 is 10.4 Å². The summed E-state index contributed by atoms with van der Waals surface area (Å²) in [5, 5.41) is 0.786. The highest BCUT2D eigenvalue weighted by molar-refractivity contribution is 9.10. The number of hydrogen-bond donors (Lipinski definition) is 0. The second-order valence-electron chi connectivity index (χ2n) is 6.54. The highest BCUT2D eigenvalue weighted by atomic mass is 79.9. The zero-order valence-corrected chi connectivity index (χ0v) is 17.4. The number of rotatable bonds is 7. The highest BCUT2D eigenvalue weighted by Gasteiger charge is 2.11. The summed E-state index contributed by atoms with van der Waals surface area (Å²) in [7, 11) is 0. The maximum absolute atomic E-state index is 12.0. The van der Waals surface area contributed by atoms with Crippen LogP contribution in [0.5, 0.6) is 5.75 Å². The summed E-state index contributed by atoms with van der Waals surface area (Å²) in [6, 6.07) is 12.8. The molecule has 6 heteroatoms. The minimum atomic E-state index is -0.449. The molecule has 0 saturated carbocycles. The Morgan fingerprint density at radius 2 is 1.96 bits per heavy atom. The molecule has 0 N–H and O–H groups in total. The Morgan fingerprint density at radius 3 is 2.75 bits per heavy atom. The molecule has 146 valence electrons. The number of halogens is 1. The summed E-state index contributed by atoms with van der Waals surface area (Å²) in [6.07, 6.45) is 0.785. The molecule has 0 spiro atoms. The standard InChI is InChI=1S/C22H21BrO5/c1-14-8-9-19-16(11-21(25)28-22(19)15(14)2)13-27-20(24)7-4-10-26-18-6-3-5-17(23)12-18/h3,5-6,8-9,11-12H,4,7,10,13H2,1-2H3. The minimum Gasteiger partial charge on any atom is -0.494 e. The summed E-state index contributed by atoms with van der Waals surface area (Å²) in [6.45, 7) is 4.32. The Morgan fingerprint density at radius 1 is 1.14 bits per heavy atom. The molecule has 0 unspecified atom stereocenters. The lowest BCUT2D eigenvalue weighted by molar-refractivity contribution is -0.145. The smallest absolute Gasteiger partial charge is 0.336 e. The topological polar surface area (TPSA) is 65.7 Å². The largest absolute Gasteiger partial charge is 0.494 e. The fraction of sp³-hybridized carbons (Fsp3) is 0.273. The van der Waals surface area contributed by atoms with Gasteiger partial charge in [0.15, 0.2) is 0 Å². The summed E-state index contributed by atoms with van der Waals surface area (Å²) in [4.78, 5) is 23.9. The number of ether oxygens (including phenoxy) is 2.